The third-order valence-electron chi connectivity index (χ3n) is 2.71. The van der Waals surface area contributed by atoms with Gasteiger partial charge < -0.3 is 15.2 Å². The number of rotatable bonds is 7. The molecule has 0 aliphatic heterocycles. The van der Waals surface area contributed by atoms with Gasteiger partial charge in [-0.1, -0.05) is 6.92 Å². The highest BCUT2D eigenvalue weighted by Crippen LogP contribution is 2.23. The van der Waals surface area contributed by atoms with Gasteiger partial charge in [0.2, 0.25) is 5.91 Å². The van der Waals surface area contributed by atoms with Gasteiger partial charge in [0, 0.05) is 18.7 Å². The average molecular weight is 266 g/mol. The van der Waals surface area contributed by atoms with E-state index in [4.69, 9.17) is 4.74 Å². The van der Waals surface area contributed by atoms with Gasteiger partial charge in [-0.25, -0.2) is 0 Å². The number of phenolic OH excluding ortho intramolecular Hbond substituents is 1. The molecule has 2 N–H and O–H groups in total. The summed E-state index contributed by atoms with van der Waals surface area (Å²) in [5, 5.41) is 12.6. The predicted molar refractivity (Wildman–Crippen MR) is 74.3 cm³/mol. The fourth-order valence-electron chi connectivity index (χ4n) is 1.73. The maximum absolute atomic E-state index is 11.6. The lowest BCUT2D eigenvalue weighted by atomic mass is 10.2. The lowest BCUT2D eigenvalue weighted by molar-refractivity contribution is -0.122. The molecule has 0 atom stereocenters. The quantitative estimate of drug-likeness (QED) is 0.782. The first kappa shape index (κ1) is 15.3. The molecule has 0 radical (unpaired) electrons. The zero-order valence-corrected chi connectivity index (χ0v) is 11.8. The number of likely N-dealkylation sites (N-methyl/N-ethyl adjacent to an activating group) is 1. The highest BCUT2D eigenvalue weighted by molar-refractivity contribution is 5.77. The van der Waals surface area contributed by atoms with Crippen molar-refractivity contribution in [2.45, 2.75) is 19.9 Å². The molecule has 0 saturated heterocycles. The van der Waals surface area contributed by atoms with Crippen LogP contribution in [0.5, 0.6) is 11.5 Å². The number of nitrogens with zero attached hydrogens (tertiary/aromatic N) is 1. The van der Waals surface area contributed by atoms with Crippen molar-refractivity contribution in [2.24, 2.45) is 0 Å². The highest BCUT2D eigenvalue weighted by atomic mass is 16.5. The smallest absolute Gasteiger partial charge is 0.234 e. The molecule has 1 rings (SSSR count). The average Bonchev–Trinajstić information content (AvgIpc) is 2.38. The standard InChI is InChI=1S/C14H22N2O3/c1-4-7-15-14(18)10-16(2)9-11-8-12(19-3)5-6-13(11)17/h5-6,8,17H,4,7,9-10H2,1-3H3,(H,15,18). The number of amides is 1. The number of nitrogens with one attached hydrogen (secondary N) is 1. The van der Waals surface area contributed by atoms with E-state index in [0.717, 1.165) is 12.0 Å². The molecule has 1 amide bonds. The number of carbonyl (C=O) groups is 1. The Balaban J connectivity index is 2.56. The summed E-state index contributed by atoms with van der Waals surface area (Å²) < 4.78 is 5.12. The van der Waals surface area contributed by atoms with E-state index >= 15 is 0 Å². The van der Waals surface area contributed by atoms with Crippen LogP contribution in [0.3, 0.4) is 0 Å². The molecule has 1 aromatic rings. The first-order chi connectivity index (χ1) is 9.06. The van der Waals surface area contributed by atoms with Crippen LogP contribution in [-0.4, -0.2) is 43.2 Å². The van der Waals surface area contributed by atoms with Crippen LogP contribution in [0.1, 0.15) is 18.9 Å². The molecule has 0 unspecified atom stereocenters. The number of ether oxygens (including phenoxy) is 1. The van der Waals surface area contributed by atoms with Crippen molar-refractivity contribution < 1.29 is 14.6 Å². The van der Waals surface area contributed by atoms with Gasteiger partial charge in [0.15, 0.2) is 0 Å². The van der Waals surface area contributed by atoms with Gasteiger partial charge >= 0.3 is 0 Å². The summed E-state index contributed by atoms with van der Waals surface area (Å²) in [6.07, 6.45) is 0.923. The van der Waals surface area contributed by atoms with Gasteiger partial charge in [-0.05, 0) is 31.7 Å². The van der Waals surface area contributed by atoms with Crippen molar-refractivity contribution in [3.8, 4) is 11.5 Å². The van der Waals surface area contributed by atoms with Crippen LogP contribution < -0.4 is 10.1 Å². The number of hydrogen-bond acceptors (Lipinski definition) is 4. The van der Waals surface area contributed by atoms with Crippen LogP contribution in [0.15, 0.2) is 18.2 Å². The van der Waals surface area contributed by atoms with E-state index < -0.39 is 0 Å². The first-order valence-electron chi connectivity index (χ1n) is 6.38. The molecular formula is C14H22N2O3. The van der Waals surface area contributed by atoms with Crippen LogP contribution in [0.2, 0.25) is 0 Å². The predicted octanol–water partition coefficient (Wildman–Crippen LogP) is 1.36. The van der Waals surface area contributed by atoms with Crippen LogP contribution in [0, 0.1) is 0 Å². The Morgan fingerprint density at radius 2 is 2.21 bits per heavy atom. The van der Waals surface area contributed by atoms with Crippen molar-refractivity contribution in [1.29, 1.82) is 0 Å². The molecule has 1 aromatic carbocycles. The van der Waals surface area contributed by atoms with Crippen molar-refractivity contribution in [2.75, 3.05) is 27.2 Å². The monoisotopic (exact) mass is 266 g/mol. The van der Waals surface area contributed by atoms with Crippen LogP contribution >= 0.6 is 0 Å². The van der Waals surface area contributed by atoms with Gasteiger partial charge in [0.25, 0.3) is 0 Å². The zero-order chi connectivity index (χ0) is 14.3. The summed E-state index contributed by atoms with van der Waals surface area (Å²) >= 11 is 0. The highest BCUT2D eigenvalue weighted by Gasteiger charge is 2.10. The molecule has 0 fully saturated rings. The Morgan fingerprint density at radius 3 is 2.84 bits per heavy atom. The summed E-state index contributed by atoms with van der Waals surface area (Å²) in [4.78, 5) is 13.4. The van der Waals surface area contributed by atoms with Crippen LogP contribution in [-0.2, 0) is 11.3 Å². The molecule has 0 heterocycles. The second-order valence-electron chi connectivity index (χ2n) is 4.52. The maximum atomic E-state index is 11.6. The zero-order valence-electron chi connectivity index (χ0n) is 11.8. The van der Waals surface area contributed by atoms with Crippen LogP contribution in [0.25, 0.3) is 0 Å². The third kappa shape index (κ3) is 5.18. The van der Waals surface area contributed by atoms with E-state index in [2.05, 4.69) is 5.32 Å². The Labute approximate surface area is 114 Å². The molecule has 0 bridgehead atoms. The number of aromatic hydroxyl groups is 1. The van der Waals surface area contributed by atoms with E-state index in [9.17, 15) is 9.90 Å². The van der Waals surface area contributed by atoms with E-state index in [0.29, 0.717) is 25.4 Å². The molecule has 19 heavy (non-hydrogen) atoms. The summed E-state index contributed by atoms with van der Waals surface area (Å²) in [5.41, 5.74) is 0.741. The van der Waals surface area contributed by atoms with Gasteiger partial charge in [-0.2, -0.15) is 0 Å². The molecule has 0 spiro atoms. The molecule has 106 valence electrons. The summed E-state index contributed by atoms with van der Waals surface area (Å²) in [6, 6.07) is 5.07. The van der Waals surface area contributed by atoms with Crippen molar-refractivity contribution in [1.82, 2.24) is 10.2 Å². The SMILES string of the molecule is CCCNC(=O)CN(C)Cc1cc(OC)ccc1O. The fourth-order valence-corrected chi connectivity index (χ4v) is 1.73. The Bertz CT molecular complexity index is 421. The molecule has 0 aliphatic rings. The number of hydrogen-bond donors (Lipinski definition) is 2. The third-order valence-corrected chi connectivity index (χ3v) is 2.71. The summed E-state index contributed by atoms with van der Waals surface area (Å²) in [5.74, 6) is 0.894. The van der Waals surface area contributed by atoms with E-state index in [1.165, 1.54) is 0 Å². The Kier molecular flexibility index (Phi) is 6.15. The van der Waals surface area contributed by atoms with E-state index in [-0.39, 0.29) is 11.7 Å². The molecular weight excluding hydrogens is 244 g/mol. The second-order valence-corrected chi connectivity index (χ2v) is 4.52. The molecule has 0 aromatic heterocycles. The van der Waals surface area contributed by atoms with E-state index in [1.807, 2.05) is 18.9 Å². The minimum Gasteiger partial charge on any atom is -0.508 e. The van der Waals surface area contributed by atoms with Gasteiger partial charge in [0.1, 0.15) is 11.5 Å². The molecule has 5 heteroatoms. The fraction of sp³-hybridized carbons (Fsp3) is 0.500. The minimum atomic E-state index is -0.00765. The van der Waals surface area contributed by atoms with Crippen molar-refractivity contribution >= 4 is 5.91 Å². The van der Waals surface area contributed by atoms with Gasteiger partial charge in [-0.15, -0.1) is 0 Å². The summed E-state index contributed by atoms with van der Waals surface area (Å²) in [6.45, 7) is 3.49. The second kappa shape index (κ2) is 7.63. The van der Waals surface area contributed by atoms with Crippen molar-refractivity contribution in [3.63, 3.8) is 0 Å². The number of methoxy groups -OCH3 is 1. The summed E-state index contributed by atoms with van der Waals surface area (Å²) in [7, 11) is 3.42. The van der Waals surface area contributed by atoms with Gasteiger partial charge in [0.05, 0.1) is 13.7 Å². The first-order valence-corrected chi connectivity index (χ1v) is 6.38. The maximum Gasteiger partial charge on any atom is 0.234 e. The Morgan fingerprint density at radius 1 is 1.47 bits per heavy atom. The van der Waals surface area contributed by atoms with E-state index in [1.54, 1.807) is 25.3 Å². The Hall–Kier alpha value is -1.75. The number of phenols is 1. The lowest BCUT2D eigenvalue weighted by Crippen LogP contribution is -2.35. The number of carbonyl (C=O) groups excluding carboxylic acids is 1. The largest absolute Gasteiger partial charge is 0.508 e. The molecule has 0 aliphatic carbocycles. The molecule has 5 nitrogen and oxygen atoms in total. The van der Waals surface area contributed by atoms with Crippen molar-refractivity contribution in [3.05, 3.63) is 23.8 Å². The lowest BCUT2D eigenvalue weighted by Gasteiger charge is -2.17. The molecule has 0 saturated carbocycles. The minimum absolute atomic E-state index is 0.00765. The number of benzene rings is 1. The van der Waals surface area contributed by atoms with Crippen LogP contribution in [0.4, 0.5) is 0 Å². The normalized spacial score (nSPS) is 10.5. The van der Waals surface area contributed by atoms with Gasteiger partial charge in [-0.3, -0.25) is 9.69 Å². The topological polar surface area (TPSA) is 61.8 Å².